The van der Waals surface area contributed by atoms with E-state index < -0.39 is 11.8 Å². The van der Waals surface area contributed by atoms with Crippen LogP contribution in [0.5, 0.6) is 0 Å². The van der Waals surface area contributed by atoms with Crippen LogP contribution >= 0.6 is 15.9 Å². The van der Waals surface area contributed by atoms with Crippen LogP contribution in [0.2, 0.25) is 0 Å². The summed E-state index contributed by atoms with van der Waals surface area (Å²) >= 11 is 3.05. The van der Waals surface area contributed by atoms with E-state index in [1.807, 2.05) is 13.8 Å². The molecule has 0 aliphatic rings. The fourth-order valence-corrected chi connectivity index (χ4v) is 1.88. The minimum atomic E-state index is -1.18. The Bertz CT molecular complexity index is 637. The van der Waals surface area contributed by atoms with Gasteiger partial charge in [0.1, 0.15) is 5.82 Å². The molecule has 2 rings (SSSR count). The van der Waals surface area contributed by atoms with Crippen molar-refractivity contribution in [1.29, 1.82) is 0 Å². The third-order valence-electron chi connectivity index (χ3n) is 2.56. The molecular weight excluding hydrogens is 317 g/mol. The summed E-state index contributed by atoms with van der Waals surface area (Å²) in [5.41, 5.74) is 0.751. The van der Waals surface area contributed by atoms with Crippen LogP contribution in [-0.4, -0.2) is 16.1 Å². The van der Waals surface area contributed by atoms with Crippen molar-refractivity contribution in [2.45, 2.75) is 19.8 Å². The zero-order chi connectivity index (χ0) is 14.2. The van der Waals surface area contributed by atoms with Crippen LogP contribution in [0.25, 0.3) is 11.5 Å². The molecule has 0 saturated heterocycles. The molecule has 0 unspecified atom stereocenters. The number of benzene rings is 1. The third kappa shape index (κ3) is 2.68. The van der Waals surface area contributed by atoms with Gasteiger partial charge in [-0.25, -0.2) is 14.2 Å². The third-order valence-corrected chi connectivity index (χ3v) is 3.20. The first-order valence-corrected chi connectivity index (χ1v) is 6.39. The zero-order valence-electron chi connectivity index (χ0n) is 10.3. The number of hydrogen-bond acceptors (Lipinski definition) is 3. The molecule has 0 aliphatic carbocycles. The van der Waals surface area contributed by atoms with E-state index in [1.165, 1.54) is 12.1 Å². The molecule has 0 spiro atoms. The maximum Gasteiger partial charge on any atom is 0.373 e. The molecule has 0 amide bonds. The summed E-state index contributed by atoms with van der Waals surface area (Å²) in [7, 11) is 0. The van der Waals surface area contributed by atoms with E-state index in [2.05, 4.69) is 20.9 Å². The first kappa shape index (κ1) is 13.7. The molecule has 1 N–H and O–H groups in total. The molecule has 4 nitrogen and oxygen atoms in total. The number of carbonyl (C=O) groups is 1. The first-order valence-electron chi connectivity index (χ1n) is 5.59. The number of rotatable bonds is 3. The monoisotopic (exact) mass is 327 g/mol. The zero-order valence-corrected chi connectivity index (χ0v) is 11.9. The van der Waals surface area contributed by atoms with Crippen molar-refractivity contribution >= 4 is 21.9 Å². The average molecular weight is 328 g/mol. The van der Waals surface area contributed by atoms with E-state index in [9.17, 15) is 9.18 Å². The van der Waals surface area contributed by atoms with E-state index in [1.54, 1.807) is 6.07 Å². The van der Waals surface area contributed by atoms with Crippen LogP contribution in [0.4, 0.5) is 4.39 Å². The Balaban J connectivity index is 2.54. The number of carboxylic acids is 1. The largest absolute Gasteiger partial charge is 0.475 e. The second-order valence-corrected chi connectivity index (χ2v) is 5.18. The number of halogens is 2. The quantitative estimate of drug-likeness (QED) is 0.923. The van der Waals surface area contributed by atoms with E-state index in [0.717, 1.165) is 0 Å². The lowest BCUT2D eigenvalue weighted by atomic mass is 10.1. The first-order chi connectivity index (χ1) is 8.90. The Labute approximate surface area is 117 Å². The van der Waals surface area contributed by atoms with E-state index in [0.29, 0.717) is 15.7 Å². The summed E-state index contributed by atoms with van der Waals surface area (Å²) in [4.78, 5) is 15.2. The number of aromatic carboxylic acids is 1. The van der Waals surface area contributed by atoms with Gasteiger partial charge in [0.2, 0.25) is 11.7 Å². The molecule has 0 bridgehead atoms. The number of aromatic nitrogens is 1. The predicted octanol–water partition coefficient (Wildman–Crippen LogP) is 4.06. The molecule has 19 heavy (non-hydrogen) atoms. The lowest BCUT2D eigenvalue weighted by Crippen LogP contribution is -2.01. The van der Waals surface area contributed by atoms with Gasteiger partial charge in [-0.1, -0.05) is 13.8 Å². The highest BCUT2D eigenvalue weighted by molar-refractivity contribution is 9.10. The topological polar surface area (TPSA) is 63.3 Å². The molecule has 0 saturated carbocycles. The van der Waals surface area contributed by atoms with Gasteiger partial charge in [-0.15, -0.1) is 0 Å². The standard InChI is InChI=1S/C13H11BrFNO3/c1-6(2)10-11(13(17)18)19-12(16-10)7-3-4-8(14)9(15)5-7/h3-6H,1-2H3,(H,17,18). The van der Waals surface area contributed by atoms with Gasteiger partial charge in [-0.2, -0.15) is 0 Å². The highest BCUT2D eigenvalue weighted by Crippen LogP contribution is 2.28. The van der Waals surface area contributed by atoms with Crippen molar-refractivity contribution in [2.24, 2.45) is 0 Å². The van der Waals surface area contributed by atoms with E-state index in [4.69, 9.17) is 9.52 Å². The highest BCUT2D eigenvalue weighted by atomic mass is 79.9. The minimum absolute atomic E-state index is 0.0936. The smallest absolute Gasteiger partial charge is 0.373 e. The van der Waals surface area contributed by atoms with Crippen LogP contribution in [0, 0.1) is 5.82 Å². The molecule has 1 aromatic carbocycles. The van der Waals surface area contributed by atoms with Gasteiger partial charge in [0.25, 0.3) is 0 Å². The maximum atomic E-state index is 13.5. The normalized spacial score (nSPS) is 11.0. The lowest BCUT2D eigenvalue weighted by Gasteiger charge is -1.98. The predicted molar refractivity (Wildman–Crippen MR) is 70.6 cm³/mol. The summed E-state index contributed by atoms with van der Waals surface area (Å²) < 4.78 is 19.0. The summed E-state index contributed by atoms with van der Waals surface area (Å²) in [6.07, 6.45) is 0. The van der Waals surface area contributed by atoms with Gasteiger partial charge >= 0.3 is 5.97 Å². The van der Waals surface area contributed by atoms with Crippen LogP contribution in [0.15, 0.2) is 27.1 Å². The van der Waals surface area contributed by atoms with Crippen molar-refractivity contribution in [1.82, 2.24) is 4.98 Å². The van der Waals surface area contributed by atoms with Gasteiger partial charge in [0.15, 0.2) is 0 Å². The highest BCUT2D eigenvalue weighted by Gasteiger charge is 2.22. The average Bonchev–Trinajstić information content (AvgIpc) is 2.78. The fraction of sp³-hybridized carbons (Fsp3) is 0.231. The molecule has 100 valence electrons. The van der Waals surface area contributed by atoms with Gasteiger partial charge in [0, 0.05) is 5.56 Å². The van der Waals surface area contributed by atoms with Gasteiger partial charge in [0.05, 0.1) is 10.2 Å². The second-order valence-electron chi connectivity index (χ2n) is 4.32. The minimum Gasteiger partial charge on any atom is -0.475 e. The Morgan fingerprint density at radius 1 is 1.47 bits per heavy atom. The Morgan fingerprint density at radius 3 is 2.63 bits per heavy atom. The number of oxazole rings is 1. The summed E-state index contributed by atoms with van der Waals surface area (Å²) in [5.74, 6) is -1.83. The van der Waals surface area contributed by atoms with Gasteiger partial charge in [-0.3, -0.25) is 0 Å². The Morgan fingerprint density at radius 2 is 2.16 bits per heavy atom. The Hall–Kier alpha value is -1.69. The molecule has 6 heteroatoms. The van der Waals surface area contributed by atoms with Crippen molar-refractivity contribution in [3.05, 3.63) is 39.9 Å². The van der Waals surface area contributed by atoms with Crippen molar-refractivity contribution in [3.63, 3.8) is 0 Å². The summed E-state index contributed by atoms with van der Waals surface area (Å²) in [6.45, 7) is 3.63. The Kier molecular flexibility index (Phi) is 3.71. The number of hydrogen-bond donors (Lipinski definition) is 1. The van der Waals surface area contributed by atoms with Crippen LogP contribution in [0.3, 0.4) is 0 Å². The van der Waals surface area contributed by atoms with Gasteiger partial charge < -0.3 is 9.52 Å². The molecule has 0 fully saturated rings. The number of nitrogens with zero attached hydrogens (tertiary/aromatic N) is 1. The molecule has 0 aliphatic heterocycles. The summed E-state index contributed by atoms with van der Waals surface area (Å²) in [6, 6.07) is 4.37. The van der Waals surface area contributed by atoms with Crippen LogP contribution in [-0.2, 0) is 0 Å². The second kappa shape index (κ2) is 5.13. The molecule has 2 aromatic rings. The number of carboxylic acid groups (broad SMARTS) is 1. The van der Waals surface area contributed by atoms with E-state index >= 15 is 0 Å². The molecule has 0 atom stereocenters. The molecular formula is C13H11BrFNO3. The maximum absolute atomic E-state index is 13.5. The van der Waals surface area contributed by atoms with Crippen molar-refractivity contribution < 1.29 is 18.7 Å². The fourth-order valence-electron chi connectivity index (χ4n) is 1.63. The molecule has 0 radical (unpaired) electrons. The van der Waals surface area contributed by atoms with Crippen molar-refractivity contribution in [3.8, 4) is 11.5 Å². The van der Waals surface area contributed by atoms with Crippen LogP contribution < -0.4 is 0 Å². The van der Waals surface area contributed by atoms with Crippen LogP contribution in [0.1, 0.15) is 36.0 Å². The SMILES string of the molecule is CC(C)c1nc(-c2ccc(Br)c(F)c2)oc1C(=O)O. The van der Waals surface area contributed by atoms with Gasteiger partial charge in [-0.05, 0) is 40.0 Å². The van der Waals surface area contributed by atoms with E-state index in [-0.39, 0.29) is 17.6 Å². The molecule has 1 heterocycles. The summed E-state index contributed by atoms with van der Waals surface area (Å²) in [5, 5.41) is 9.06. The molecule has 1 aromatic heterocycles. The van der Waals surface area contributed by atoms with Crippen molar-refractivity contribution in [2.75, 3.05) is 0 Å². The lowest BCUT2D eigenvalue weighted by molar-refractivity contribution is 0.0661.